The molecular weight excluding hydrogens is 504 g/mol. The van der Waals surface area contributed by atoms with E-state index in [-0.39, 0.29) is 24.9 Å². The molecule has 12 heteroatoms. The number of rotatable bonds is 9. The Labute approximate surface area is 226 Å². The Balaban J connectivity index is 1.59. The van der Waals surface area contributed by atoms with E-state index in [4.69, 9.17) is 9.84 Å². The lowest BCUT2D eigenvalue weighted by molar-refractivity contribution is -0.143. The quantitative estimate of drug-likeness (QED) is 0.436. The molecule has 0 saturated carbocycles. The number of likely N-dealkylation sites (tertiary alicyclic amines) is 1. The highest BCUT2D eigenvalue weighted by Crippen LogP contribution is 2.38. The molecule has 0 radical (unpaired) electrons. The number of ether oxygens (including phenoxy) is 1. The second-order valence-electron chi connectivity index (χ2n) is 10.2. The largest absolute Gasteiger partial charge is 0.475 e. The number of aromatic nitrogens is 1. The Morgan fingerprint density at radius 1 is 1.15 bits per heavy atom. The van der Waals surface area contributed by atoms with E-state index in [9.17, 15) is 19.2 Å². The molecule has 0 spiro atoms. The van der Waals surface area contributed by atoms with Gasteiger partial charge in [0.1, 0.15) is 23.6 Å². The summed E-state index contributed by atoms with van der Waals surface area (Å²) in [6.45, 7) is 2.91. The summed E-state index contributed by atoms with van der Waals surface area (Å²) in [6.07, 6.45) is 0.919. The van der Waals surface area contributed by atoms with Crippen LogP contribution in [0.4, 0.5) is 4.79 Å². The average Bonchev–Trinajstić information content (AvgIpc) is 3.15. The van der Waals surface area contributed by atoms with Crippen molar-refractivity contribution in [2.45, 2.75) is 38.3 Å². The lowest BCUT2D eigenvalue weighted by Gasteiger charge is -2.40. The second kappa shape index (κ2) is 11.1. The topological polar surface area (TPSA) is 154 Å². The maximum absolute atomic E-state index is 13.9. The van der Waals surface area contributed by atoms with E-state index >= 15 is 0 Å². The Bertz CT molecular complexity index is 1270. The summed E-state index contributed by atoms with van der Waals surface area (Å²) in [5, 5.41) is 19.7. The van der Waals surface area contributed by atoms with Gasteiger partial charge in [-0.2, -0.15) is 5.10 Å². The third-order valence-corrected chi connectivity index (χ3v) is 6.89. The van der Waals surface area contributed by atoms with Crippen LogP contribution in [0.3, 0.4) is 0 Å². The number of hydrazone groups is 1. The summed E-state index contributed by atoms with van der Waals surface area (Å²) in [6, 6.07) is 13.4. The van der Waals surface area contributed by atoms with Gasteiger partial charge in [-0.05, 0) is 31.9 Å². The number of pyridine rings is 1. The summed E-state index contributed by atoms with van der Waals surface area (Å²) in [5.74, 6) is -1.10. The minimum absolute atomic E-state index is 0.0788. The minimum atomic E-state index is -1.52. The Morgan fingerprint density at radius 3 is 2.54 bits per heavy atom. The highest BCUT2D eigenvalue weighted by molar-refractivity contribution is 6.13. The Kier molecular flexibility index (Phi) is 7.84. The predicted molar refractivity (Wildman–Crippen MR) is 141 cm³/mol. The van der Waals surface area contributed by atoms with Crippen LogP contribution in [0.1, 0.15) is 25.8 Å². The maximum Gasteiger partial charge on any atom is 0.405 e. The Hall–Kier alpha value is -4.48. The van der Waals surface area contributed by atoms with Gasteiger partial charge in [0, 0.05) is 38.8 Å². The molecule has 1 aromatic heterocycles. The van der Waals surface area contributed by atoms with Crippen molar-refractivity contribution in [3.63, 3.8) is 0 Å². The van der Waals surface area contributed by atoms with Crippen molar-refractivity contribution in [3.05, 3.63) is 60.3 Å². The molecule has 2 aromatic rings. The molecule has 3 N–H and O–H groups in total. The van der Waals surface area contributed by atoms with Crippen molar-refractivity contribution in [1.82, 2.24) is 25.5 Å². The highest BCUT2D eigenvalue weighted by atomic mass is 16.5. The van der Waals surface area contributed by atoms with Crippen LogP contribution >= 0.6 is 0 Å². The maximum atomic E-state index is 13.9. The lowest BCUT2D eigenvalue weighted by Crippen LogP contribution is -2.63. The van der Waals surface area contributed by atoms with Crippen LogP contribution in [-0.4, -0.2) is 87.9 Å². The van der Waals surface area contributed by atoms with Gasteiger partial charge in [0.25, 0.3) is 5.91 Å². The van der Waals surface area contributed by atoms with Gasteiger partial charge < -0.3 is 25.4 Å². The molecule has 2 aliphatic rings. The van der Waals surface area contributed by atoms with Gasteiger partial charge in [0.2, 0.25) is 17.7 Å². The van der Waals surface area contributed by atoms with Crippen molar-refractivity contribution in [1.29, 1.82) is 0 Å². The molecule has 4 amide bonds. The molecule has 1 aromatic carbocycles. The molecule has 4 rings (SSSR count). The zero-order valence-corrected chi connectivity index (χ0v) is 22.1. The standard InChI is InChI=1S/C27H32N6O6/c1-26(2,30-25(37)38)23(35)29-19(16-39-21-11-7-8-13-28-21)22(34)33-14-12-20-27(17-33,24(36)32(3)31-20)15-18-9-5-4-6-10-18/h4-11,13,19,30H,12,14-17H2,1-3H3,(H,29,35)(H,37,38). The smallest absolute Gasteiger partial charge is 0.405 e. The molecule has 2 aliphatic heterocycles. The van der Waals surface area contributed by atoms with Crippen molar-refractivity contribution in [3.8, 4) is 5.88 Å². The molecule has 12 nitrogen and oxygen atoms in total. The SMILES string of the molecule is CN1N=C2CCN(C(=O)C(COc3ccccn3)NC(=O)C(C)(C)NC(=O)O)CC2(Cc2ccccc2)C1=O. The molecular formula is C27H32N6O6. The number of amides is 4. The number of carboxylic acid groups (broad SMARTS) is 1. The van der Waals surface area contributed by atoms with Gasteiger partial charge in [0.15, 0.2) is 0 Å². The molecule has 1 saturated heterocycles. The van der Waals surface area contributed by atoms with E-state index in [0.717, 1.165) is 11.3 Å². The number of hydrogen-bond donors (Lipinski definition) is 3. The first-order valence-electron chi connectivity index (χ1n) is 12.6. The fraction of sp³-hybridized carbons (Fsp3) is 0.407. The molecule has 39 heavy (non-hydrogen) atoms. The first kappa shape index (κ1) is 27.6. The number of nitrogens with zero attached hydrogens (tertiary/aromatic N) is 4. The molecule has 1 fully saturated rings. The molecule has 0 aliphatic carbocycles. The van der Waals surface area contributed by atoms with Crippen LogP contribution in [0.5, 0.6) is 5.88 Å². The third-order valence-electron chi connectivity index (χ3n) is 6.89. The van der Waals surface area contributed by atoms with Crippen LogP contribution in [-0.2, 0) is 20.8 Å². The first-order chi connectivity index (χ1) is 18.5. The van der Waals surface area contributed by atoms with Gasteiger partial charge in [-0.25, -0.2) is 14.8 Å². The number of benzene rings is 1. The second-order valence-corrected chi connectivity index (χ2v) is 10.2. The monoisotopic (exact) mass is 536 g/mol. The fourth-order valence-corrected chi connectivity index (χ4v) is 4.87. The zero-order chi connectivity index (χ0) is 28.2. The van der Waals surface area contributed by atoms with E-state index in [1.165, 1.54) is 25.1 Å². The zero-order valence-electron chi connectivity index (χ0n) is 22.1. The fourth-order valence-electron chi connectivity index (χ4n) is 4.87. The molecule has 2 unspecified atom stereocenters. The highest BCUT2D eigenvalue weighted by Gasteiger charge is 2.54. The number of nitrogens with one attached hydrogen (secondary N) is 2. The van der Waals surface area contributed by atoms with E-state index in [2.05, 4.69) is 20.7 Å². The minimum Gasteiger partial charge on any atom is -0.475 e. The van der Waals surface area contributed by atoms with Crippen molar-refractivity contribution in [2.24, 2.45) is 10.5 Å². The molecule has 2 atom stereocenters. The number of carbonyl (C=O) groups excluding carboxylic acids is 3. The van der Waals surface area contributed by atoms with Crippen molar-refractivity contribution >= 4 is 29.5 Å². The molecule has 3 heterocycles. The summed E-state index contributed by atoms with van der Waals surface area (Å²) >= 11 is 0. The summed E-state index contributed by atoms with van der Waals surface area (Å²) < 4.78 is 5.71. The van der Waals surface area contributed by atoms with Crippen LogP contribution in [0.15, 0.2) is 59.8 Å². The van der Waals surface area contributed by atoms with E-state index < -0.39 is 34.9 Å². The lowest BCUT2D eigenvalue weighted by atomic mass is 9.73. The molecule has 206 valence electrons. The van der Waals surface area contributed by atoms with Gasteiger partial charge in [-0.15, -0.1) is 0 Å². The van der Waals surface area contributed by atoms with Crippen LogP contribution in [0.25, 0.3) is 0 Å². The third kappa shape index (κ3) is 6.00. The van der Waals surface area contributed by atoms with Crippen LogP contribution in [0, 0.1) is 5.41 Å². The molecule has 0 bridgehead atoms. The van der Waals surface area contributed by atoms with E-state index in [1.807, 2.05) is 30.3 Å². The van der Waals surface area contributed by atoms with Gasteiger partial charge >= 0.3 is 6.09 Å². The van der Waals surface area contributed by atoms with Crippen LogP contribution < -0.4 is 15.4 Å². The first-order valence-corrected chi connectivity index (χ1v) is 12.6. The van der Waals surface area contributed by atoms with Gasteiger partial charge in [0.05, 0.1) is 5.71 Å². The van der Waals surface area contributed by atoms with Gasteiger partial charge in [-0.3, -0.25) is 14.4 Å². The average molecular weight is 537 g/mol. The summed E-state index contributed by atoms with van der Waals surface area (Å²) in [5.41, 5.74) is -0.881. The van der Waals surface area contributed by atoms with Crippen LogP contribution in [0.2, 0.25) is 0 Å². The Morgan fingerprint density at radius 2 is 1.87 bits per heavy atom. The predicted octanol–water partition coefficient (Wildman–Crippen LogP) is 1.28. The summed E-state index contributed by atoms with van der Waals surface area (Å²) in [7, 11) is 1.60. The number of hydrogen-bond acceptors (Lipinski definition) is 7. The number of fused-ring (bicyclic) bond motifs is 1. The van der Waals surface area contributed by atoms with E-state index in [0.29, 0.717) is 19.4 Å². The summed E-state index contributed by atoms with van der Waals surface area (Å²) in [4.78, 5) is 57.2. The van der Waals surface area contributed by atoms with Gasteiger partial charge in [-0.1, -0.05) is 36.4 Å². The number of piperidine rings is 1. The van der Waals surface area contributed by atoms with Crippen molar-refractivity contribution in [2.75, 3.05) is 26.7 Å². The van der Waals surface area contributed by atoms with Crippen molar-refractivity contribution < 1.29 is 29.0 Å². The van der Waals surface area contributed by atoms with E-state index in [1.54, 1.807) is 30.1 Å². The normalized spacial score (nSPS) is 19.6. The number of carbonyl (C=O) groups is 4.